The molecule has 0 atom stereocenters. The average Bonchev–Trinajstić information content (AvgIpc) is 3.56. The molecule has 220 valence electrons. The van der Waals surface area contributed by atoms with E-state index in [1.54, 1.807) is 30.3 Å². The number of halogens is 1. The summed E-state index contributed by atoms with van der Waals surface area (Å²) in [6.45, 7) is 7.97. The fourth-order valence-electron chi connectivity index (χ4n) is 5.60. The van der Waals surface area contributed by atoms with Gasteiger partial charge in [-0.1, -0.05) is 36.6 Å². The number of piperazine rings is 2. The standard InChI is InChI=1S/C30H39ClN6O4/c1-40-26-10-5-4-9-24(26)34-16-14-33(15-17-34)12-6-2-3-7-13-37-30(39)28(31)25(23-32-37)35-18-20-36(21-19-35)29(38)27-11-8-22-41-27/h4-5,8-11,22-23H,2-3,6-7,12-21H2,1H3. The zero-order valence-corrected chi connectivity index (χ0v) is 24.5. The number of unbranched alkanes of at least 4 members (excludes halogenated alkanes) is 3. The SMILES string of the molecule is COc1ccccc1N1CCN(CCCCCCn2ncc(N3CCN(C(=O)c4ccco4)CC3)c(Cl)c2=O)CC1. The lowest BCUT2D eigenvalue weighted by Gasteiger charge is -2.36. The molecule has 3 aromatic rings. The van der Waals surface area contributed by atoms with E-state index in [-0.39, 0.29) is 16.5 Å². The number of furan rings is 1. The van der Waals surface area contributed by atoms with E-state index in [0.717, 1.165) is 64.2 Å². The van der Waals surface area contributed by atoms with Gasteiger partial charge in [0, 0.05) is 58.9 Å². The van der Waals surface area contributed by atoms with Gasteiger partial charge in [-0.15, -0.1) is 0 Å². The molecule has 0 saturated carbocycles. The topological polar surface area (TPSA) is 87.3 Å². The van der Waals surface area contributed by atoms with E-state index in [2.05, 4.69) is 27.0 Å². The number of hydrogen-bond donors (Lipinski definition) is 0. The molecular weight excluding hydrogens is 544 g/mol. The van der Waals surface area contributed by atoms with Crippen molar-refractivity contribution in [2.75, 3.05) is 75.8 Å². The predicted molar refractivity (Wildman–Crippen MR) is 160 cm³/mol. The number of carbonyl (C=O) groups excluding carboxylic acids is 1. The number of rotatable bonds is 11. The van der Waals surface area contributed by atoms with Crippen molar-refractivity contribution in [1.29, 1.82) is 0 Å². The van der Waals surface area contributed by atoms with Crippen molar-refractivity contribution in [1.82, 2.24) is 19.6 Å². The number of aromatic nitrogens is 2. The Bertz CT molecular complexity index is 1330. The van der Waals surface area contributed by atoms with Crippen LogP contribution in [0.3, 0.4) is 0 Å². The molecule has 0 N–H and O–H groups in total. The first-order valence-electron chi connectivity index (χ1n) is 14.5. The third kappa shape index (κ3) is 7.05. The summed E-state index contributed by atoms with van der Waals surface area (Å²) in [4.78, 5) is 34.1. The van der Waals surface area contributed by atoms with Crippen LogP contribution in [0.1, 0.15) is 36.2 Å². The first kappa shape index (κ1) is 29.0. The highest BCUT2D eigenvalue weighted by molar-refractivity contribution is 6.33. The summed E-state index contributed by atoms with van der Waals surface area (Å²) >= 11 is 6.50. The molecule has 2 saturated heterocycles. The monoisotopic (exact) mass is 582 g/mol. The summed E-state index contributed by atoms with van der Waals surface area (Å²) in [6.07, 6.45) is 7.37. The van der Waals surface area contributed by atoms with Crippen LogP contribution in [-0.4, -0.2) is 91.5 Å². The van der Waals surface area contributed by atoms with Crippen LogP contribution < -0.4 is 20.1 Å². The number of hydrogen-bond acceptors (Lipinski definition) is 8. The van der Waals surface area contributed by atoms with E-state index in [9.17, 15) is 9.59 Å². The lowest BCUT2D eigenvalue weighted by Crippen LogP contribution is -2.49. The molecule has 10 nitrogen and oxygen atoms in total. The first-order valence-corrected chi connectivity index (χ1v) is 14.9. The fourth-order valence-corrected chi connectivity index (χ4v) is 5.86. The van der Waals surface area contributed by atoms with E-state index in [1.165, 1.54) is 16.6 Å². The Kier molecular flexibility index (Phi) is 9.84. The van der Waals surface area contributed by atoms with Crippen LogP contribution in [0.4, 0.5) is 11.4 Å². The molecule has 0 bridgehead atoms. The summed E-state index contributed by atoms with van der Waals surface area (Å²) in [5.41, 5.74) is 1.54. The summed E-state index contributed by atoms with van der Waals surface area (Å²) in [7, 11) is 1.73. The van der Waals surface area contributed by atoms with E-state index in [4.69, 9.17) is 20.8 Å². The van der Waals surface area contributed by atoms with Gasteiger partial charge in [-0.05, 0) is 43.7 Å². The summed E-state index contributed by atoms with van der Waals surface area (Å²) < 4.78 is 12.2. The van der Waals surface area contributed by atoms with E-state index < -0.39 is 0 Å². The summed E-state index contributed by atoms with van der Waals surface area (Å²) in [6, 6.07) is 11.6. The van der Waals surface area contributed by atoms with E-state index >= 15 is 0 Å². The Balaban J connectivity index is 1.00. The van der Waals surface area contributed by atoms with Gasteiger partial charge in [0.15, 0.2) is 5.76 Å². The van der Waals surface area contributed by atoms with Crippen molar-refractivity contribution in [3.63, 3.8) is 0 Å². The second-order valence-corrected chi connectivity index (χ2v) is 10.9. The van der Waals surface area contributed by atoms with Crippen molar-refractivity contribution in [3.8, 4) is 5.75 Å². The highest BCUT2D eigenvalue weighted by Gasteiger charge is 2.26. The maximum Gasteiger partial charge on any atom is 0.289 e. The Morgan fingerprint density at radius 1 is 0.878 bits per heavy atom. The molecule has 5 rings (SSSR count). The number of methoxy groups -OCH3 is 1. The highest BCUT2D eigenvalue weighted by Crippen LogP contribution is 2.28. The van der Waals surface area contributed by atoms with Gasteiger partial charge >= 0.3 is 0 Å². The molecule has 0 spiro atoms. The quantitative estimate of drug-likeness (QED) is 0.315. The van der Waals surface area contributed by atoms with Gasteiger partial charge in [0.05, 0.1) is 30.9 Å². The predicted octanol–water partition coefficient (Wildman–Crippen LogP) is 3.84. The zero-order chi connectivity index (χ0) is 28.6. The Hall–Kier alpha value is -3.50. The normalized spacial score (nSPS) is 16.3. The minimum Gasteiger partial charge on any atom is -0.495 e. The fraction of sp³-hybridized carbons (Fsp3) is 0.500. The number of aryl methyl sites for hydroxylation is 1. The van der Waals surface area contributed by atoms with Gasteiger partial charge in [0.25, 0.3) is 11.5 Å². The minimum atomic E-state index is -0.258. The van der Waals surface area contributed by atoms with Crippen LogP contribution in [0.2, 0.25) is 5.02 Å². The van der Waals surface area contributed by atoms with E-state index in [1.807, 2.05) is 17.0 Å². The third-order valence-corrected chi connectivity index (χ3v) is 8.35. The molecule has 4 heterocycles. The molecule has 0 unspecified atom stereocenters. The maximum absolute atomic E-state index is 12.9. The molecule has 2 aliphatic rings. The van der Waals surface area contributed by atoms with Crippen LogP contribution >= 0.6 is 11.6 Å². The molecular formula is C30H39ClN6O4. The molecule has 2 fully saturated rings. The second-order valence-electron chi connectivity index (χ2n) is 10.5. The van der Waals surface area contributed by atoms with Crippen molar-refractivity contribution in [2.24, 2.45) is 0 Å². The number of nitrogens with zero attached hydrogens (tertiary/aromatic N) is 6. The molecule has 1 aromatic carbocycles. The molecule has 41 heavy (non-hydrogen) atoms. The van der Waals surface area contributed by atoms with Crippen LogP contribution in [0.5, 0.6) is 5.75 Å². The number of ether oxygens (including phenoxy) is 1. The Morgan fingerprint density at radius 3 is 2.27 bits per heavy atom. The van der Waals surface area contributed by atoms with Gasteiger partial charge in [0.1, 0.15) is 10.8 Å². The van der Waals surface area contributed by atoms with Gasteiger partial charge in [-0.3, -0.25) is 14.5 Å². The zero-order valence-electron chi connectivity index (χ0n) is 23.7. The summed E-state index contributed by atoms with van der Waals surface area (Å²) in [5, 5.41) is 4.60. The van der Waals surface area contributed by atoms with Gasteiger partial charge in [-0.2, -0.15) is 5.10 Å². The second kappa shape index (κ2) is 13.9. The molecule has 0 radical (unpaired) electrons. The Labute approximate surface area is 246 Å². The Morgan fingerprint density at radius 2 is 1.56 bits per heavy atom. The minimum absolute atomic E-state index is 0.124. The highest BCUT2D eigenvalue weighted by atomic mass is 35.5. The molecule has 2 aliphatic heterocycles. The van der Waals surface area contributed by atoms with Crippen molar-refractivity contribution in [3.05, 3.63) is 70.0 Å². The number of carbonyl (C=O) groups is 1. The number of anilines is 2. The van der Waals surface area contributed by atoms with Crippen molar-refractivity contribution >= 4 is 28.9 Å². The smallest absolute Gasteiger partial charge is 0.289 e. The van der Waals surface area contributed by atoms with Crippen LogP contribution in [-0.2, 0) is 6.54 Å². The summed E-state index contributed by atoms with van der Waals surface area (Å²) in [5.74, 6) is 1.15. The van der Waals surface area contributed by atoms with Gasteiger partial charge in [0.2, 0.25) is 0 Å². The van der Waals surface area contributed by atoms with Crippen molar-refractivity contribution < 1.29 is 13.9 Å². The number of benzene rings is 1. The first-order chi connectivity index (χ1) is 20.0. The maximum atomic E-state index is 12.9. The largest absolute Gasteiger partial charge is 0.495 e. The van der Waals surface area contributed by atoms with Crippen LogP contribution in [0.15, 0.2) is 58.1 Å². The molecule has 0 aliphatic carbocycles. The van der Waals surface area contributed by atoms with Gasteiger partial charge in [-0.25, -0.2) is 4.68 Å². The third-order valence-electron chi connectivity index (χ3n) is 8.00. The van der Waals surface area contributed by atoms with E-state index in [0.29, 0.717) is 44.2 Å². The molecule has 1 amide bonds. The van der Waals surface area contributed by atoms with Crippen LogP contribution in [0.25, 0.3) is 0 Å². The number of para-hydroxylation sites is 2. The molecule has 11 heteroatoms. The lowest BCUT2D eigenvalue weighted by molar-refractivity contribution is 0.0714. The average molecular weight is 583 g/mol. The lowest BCUT2D eigenvalue weighted by atomic mass is 10.1. The van der Waals surface area contributed by atoms with Crippen molar-refractivity contribution in [2.45, 2.75) is 32.2 Å². The molecule has 2 aromatic heterocycles. The van der Waals surface area contributed by atoms with Gasteiger partial charge < -0.3 is 23.9 Å². The van der Waals surface area contributed by atoms with Crippen LogP contribution in [0, 0.1) is 0 Å². The number of amides is 1.